The van der Waals surface area contributed by atoms with Crippen LogP contribution in [-0.4, -0.2) is 36.2 Å². The number of ether oxygens (including phenoxy) is 1. The van der Waals surface area contributed by atoms with Crippen molar-refractivity contribution in [3.05, 3.63) is 65.9 Å². The Labute approximate surface area is 168 Å². The van der Waals surface area contributed by atoms with Crippen molar-refractivity contribution in [3.8, 4) is 11.1 Å². The molecule has 0 bridgehead atoms. The first-order valence-corrected chi connectivity index (χ1v) is 9.39. The molecule has 2 aliphatic rings. The first-order valence-electron chi connectivity index (χ1n) is 9.39. The second kappa shape index (κ2) is 7.34. The van der Waals surface area contributed by atoms with Crippen molar-refractivity contribution < 1.29 is 9.84 Å². The number of aliphatic imine (C=N–C) groups is 1. The average Bonchev–Trinajstić information content (AvgIpc) is 2.93. The third-order valence-electron chi connectivity index (χ3n) is 5.19. The summed E-state index contributed by atoms with van der Waals surface area (Å²) in [5.41, 5.74) is 5.58. The lowest BCUT2D eigenvalue weighted by molar-refractivity contribution is 0.279. The van der Waals surface area contributed by atoms with Crippen LogP contribution in [0.5, 0.6) is 0 Å². The molecule has 1 saturated heterocycles. The van der Waals surface area contributed by atoms with Crippen molar-refractivity contribution in [3.63, 3.8) is 0 Å². The van der Waals surface area contributed by atoms with Gasteiger partial charge in [0.25, 0.3) is 0 Å². The normalized spacial score (nSPS) is 18.0. The molecule has 4 heteroatoms. The summed E-state index contributed by atoms with van der Waals surface area (Å²) in [5, 5.41) is 9.55. The summed E-state index contributed by atoms with van der Waals surface area (Å²) in [6.45, 7) is 12.2. The molecule has 2 heterocycles. The Balaban J connectivity index is 0.00000225. The predicted octanol–water partition coefficient (Wildman–Crippen LogP) is 5.36. The van der Waals surface area contributed by atoms with Crippen LogP contribution >= 0.6 is 0 Å². The summed E-state index contributed by atoms with van der Waals surface area (Å²) in [4.78, 5) is 6.97. The largest absolute Gasteiger partial charge is 0.513 e. The van der Waals surface area contributed by atoms with Crippen LogP contribution < -0.4 is 4.90 Å². The molecule has 0 saturated carbocycles. The van der Waals surface area contributed by atoms with Crippen molar-refractivity contribution >= 4 is 11.6 Å². The average molecular weight is 379 g/mol. The summed E-state index contributed by atoms with van der Waals surface area (Å²) < 4.78 is 5.80. The minimum Gasteiger partial charge on any atom is -0.513 e. The van der Waals surface area contributed by atoms with Gasteiger partial charge in [0.2, 0.25) is 5.90 Å². The van der Waals surface area contributed by atoms with E-state index in [1.165, 1.54) is 16.8 Å². The van der Waals surface area contributed by atoms with Gasteiger partial charge in [0.15, 0.2) is 0 Å². The van der Waals surface area contributed by atoms with Crippen molar-refractivity contribution in [2.24, 2.45) is 10.9 Å². The highest BCUT2D eigenvalue weighted by molar-refractivity contribution is 5.96. The lowest BCUT2D eigenvalue weighted by Crippen LogP contribution is -2.47. The van der Waals surface area contributed by atoms with Gasteiger partial charge in [-0.1, -0.05) is 32.2 Å². The van der Waals surface area contributed by atoms with Gasteiger partial charge in [0.05, 0.1) is 17.2 Å². The SMILES string of the molecule is C.C=C(O)C1CN(c2cc(C)cc(-c3cccc(C4=NC(C)(C)CO4)c3)c2)C1. The molecule has 0 radical (unpaired) electrons. The van der Waals surface area contributed by atoms with Gasteiger partial charge in [0.1, 0.15) is 6.61 Å². The molecule has 0 atom stereocenters. The quantitative estimate of drug-likeness (QED) is 0.728. The fourth-order valence-electron chi connectivity index (χ4n) is 3.58. The minimum atomic E-state index is -0.160. The highest BCUT2D eigenvalue weighted by Gasteiger charge is 2.29. The number of hydrogen-bond acceptors (Lipinski definition) is 4. The van der Waals surface area contributed by atoms with E-state index in [9.17, 15) is 5.11 Å². The zero-order valence-corrected chi connectivity index (χ0v) is 16.2. The maximum atomic E-state index is 9.55. The topological polar surface area (TPSA) is 45.1 Å². The third-order valence-corrected chi connectivity index (χ3v) is 5.19. The van der Waals surface area contributed by atoms with E-state index in [2.05, 4.69) is 68.6 Å². The van der Waals surface area contributed by atoms with Gasteiger partial charge in [0, 0.05) is 24.3 Å². The highest BCUT2D eigenvalue weighted by Crippen LogP contribution is 2.33. The van der Waals surface area contributed by atoms with Crippen LogP contribution in [0.2, 0.25) is 0 Å². The molecule has 4 rings (SSSR count). The van der Waals surface area contributed by atoms with E-state index in [1.807, 2.05) is 6.07 Å². The maximum Gasteiger partial charge on any atom is 0.216 e. The number of anilines is 1. The standard InChI is InChI=1S/C23H26N2O2.CH4/c1-15-8-19(11-21(9-15)25-12-20(13-25)16(2)26)17-6-5-7-18(10-17)22-24-23(3,4)14-27-22;/h5-11,20,26H,2,12-14H2,1,3-4H3;1H4. The first-order chi connectivity index (χ1) is 12.8. The molecule has 2 aromatic rings. The molecule has 0 aliphatic carbocycles. The summed E-state index contributed by atoms with van der Waals surface area (Å²) in [5.74, 6) is 1.19. The summed E-state index contributed by atoms with van der Waals surface area (Å²) >= 11 is 0. The number of benzene rings is 2. The second-order valence-electron chi connectivity index (χ2n) is 8.25. The molecule has 1 fully saturated rings. The third kappa shape index (κ3) is 3.91. The fraction of sp³-hybridized carbons (Fsp3) is 0.375. The van der Waals surface area contributed by atoms with E-state index in [4.69, 9.17) is 9.73 Å². The molecular weight excluding hydrogens is 348 g/mol. The number of rotatable bonds is 4. The number of aryl methyl sites for hydroxylation is 1. The van der Waals surface area contributed by atoms with Crippen molar-refractivity contribution in [2.75, 3.05) is 24.6 Å². The Morgan fingerprint density at radius 2 is 1.86 bits per heavy atom. The van der Waals surface area contributed by atoms with E-state index in [-0.39, 0.29) is 24.6 Å². The number of aliphatic hydroxyl groups excluding tert-OH is 1. The van der Waals surface area contributed by atoms with E-state index >= 15 is 0 Å². The Kier molecular flexibility index (Phi) is 5.24. The van der Waals surface area contributed by atoms with E-state index in [0.717, 1.165) is 30.1 Å². The van der Waals surface area contributed by atoms with E-state index < -0.39 is 0 Å². The van der Waals surface area contributed by atoms with Crippen LogP contribution in [0.3, 0.4) is 0 Å². The van der Waals surface area contributed by atoms with Gasteiger partial charge < -0.3 is 14.7 Å². The fourth-order valence-corrected chi connectivity index (χ4v) is 3.58. The Morgan fingerprint density at radius 3 is 2.50 bits per heavy atom. The molecule has 148 valence electrons. The summed E-state index contributed by atoms with van der Waals surface area (Å²) in [7, 11) is 0. The van der Waals surface area contributed by atoms with Gasteiger partial charge >= 0.3 is 0 Å². The highest BCUT2D eigenvalue weighted by atomic mass is 16.5. The molecule has 28 heavy (non-hydrogen) atoms. The molecule has 1 N–H and O–H groups in total. The van der Waals surface area contributed by atoms with Crippen LogP contribution in [0, 0.1) is 12.8 Å². The van der Waals surface area contributed by atoms with Crippen LogP contribution in [0.1, 0.15) is 32.4 Å². The monoisotopic (exact) mass is 378 g/mol. The number of nitrogens with zero attached hydrogens (tertiary/aromatic N) is 2. The lowest BCUT2D eigenvalue weighted by atomic mass is 9.95. The Hall–Kier alpha value is -2.75. The van der Waals surface area contributed by atoms with E-state index in [0.29, 0.717) is 6.61 Å². The molecule has 2 aromatic carbocycles. The molecule has 0 aromatic heterocycles. The van der Waals surface area contributed by atoms with Crippen LogP contribution in [0.25, 0.3) is 11.1 Å². The zero-order chi connectivity index (χ0) is 19.2. The predicted molar refractivity (Wildman–Crippen MR) is 117 cm³/mol. The van der Waals surface area contributed by atoms with Gasteiger partial charge in [-0.25, -0.2) is 4.99 Å². The zero-order valence-electron chi connectivity index (χ0n) is 16.2. The number of aliphatic hydroxyl groups is 1. The maximum absolute atomic E-state index is 9.55. The first kappa shape index (κ1) is 20.0. The molecule has 4 nitrogen and oxygen atoms in total. The van der Waals surface area contributed by atoms with Crippen molar-refractivity contribution in [1.82, 2.24) is 0 Å². The molecule has 0 spiro atoms. The smallest absolute Gasteiger partial charge is 0.216 e. The molecule has 0 amide bonds. The van der Waals surface area contributed by atoms with Crippen LogP contribution in [0.15, 0.2) is 59.8 Å². The molecule has 2 aliphatic heterocycles. The van der Waals surface area contributed by atoms with Crippen molar-refractivity contribution in [2.45, 2.75) is 33.7 Å². The van der Waals surface area contributed by atoms with Crippen molar-refractivity contribution in [1.29, 1.82) is 0 Å². The molecule has 0 unspecified atom stereocenters. The van der Waals surface area contributed by atoms with Gasteiger partial charge in [-0.15, -0.1) is 0 Å². The summed E-state index contributed by atoms with van der Waals surface area (Å²) in [6.07, 6.45) is 0. The Morgan fingerprint density at radius 1 is 1.14 bits per heavy atom. The van der Waals surface area contributed by atoms with Crippen LogP contribution in [0.4, 0.5) is 5.69 Å². The lowest BCUT2D eigenvalue weighted by Gasteiger charge is -2.40. The van der Waals surface area contributed by atoms with Gasteiger partial charge in [-0.3, -0.25) is 0 Å². The van der Waals surface area contributed by atoms with Crippen LogP contribution in [-0.2, 0) is 4.74 Å². The van der Waals surface area contributed by atoms with E-state index in [1.54, 1.807) is 0 Å². The van der Waals surface area contributed by atoms with Gasteiger partial charge in [-0.2, -0.15) is 0 Å². The summed E-state index contributed by atoms with van der Waals surface area (Å²) in [6, 6.07) is 15.0. The van der Waals surface area contributed by atoms with Gasteiger partial charge in [-0.05, 0) is 61.7 Å². The second-order valence-corrected chi connectivity index (χ2v) is 8.25. The number of hydrogen-bond donors (Lipinski definition) is 1. The Bertz CT molecular complexity index is 924. The molecular formula is C24H30N2O2. The minimum absolute atomic E-state index is 0.